The van der Waals surface area contributed by atoms with Crippen LogP contribution in [0.1, 0.15) is 39.5 Å². The summed E-state index contributed by atoms with van der Waals surface area (Å²) in [6.45, 7) is 2.24. The molecule has 2 unspecified atom stereocenters. The summed E-state index contributed by atoms with van der Waals surface area (Å²) in [6, 6.07) is 60.9. The second kappa shape index (κ2) is 15.8. The van der Waals surface area contributed by atoms with E-state index < -0.39 is 0 Å². The van der Waals surface area contributed by atoms with Crippen molar-refractivity contribution in [3.63, 3.8) is 0 Å². The van der Waals surface area contributed by atoms with E-state index in [-0.39, 0.29) is 11.2 Å². The van der Waals surface area contributed by atoms with Crippen molar-refractivity contribution in [1.29, 1.82) is 0 Å². The van der Waals surface area contributed by atoms with Gasteiger partial charge in [0.2, 0.25) is 0 Å². The van der Waals surface area contributed by atoms with Crippen molar-refractivity contribution in [1.82, 2.24) is 14.5 Å². The zero-order chi connectivity index (χ0) is 47.2. The summed E-state index contributed by atoms with van der Waals surface area (Å²) in [5, 5.41) is 9.44. The highest BCUT2D eigenvalue weighted by Gasteiger charge is 2.36. The van der Waals surface area contributed by atoms with Crippen molar-refractivity contribution in [2.75, 3.05) is 0 Å². The lowest BCUT2D eigenvalue weighted by Crippen LogP contribution is -2.11. The van der Waals surface area contributed by atoms with Crippen molar-refractivity contribution in [2.24, 2.45) is 0 Å². The number of hydrogen-bond acceptors (Lipinski definition) is 6. The van der Waals surface area contributed by atoms with E-state index in [1.165, 1.54) is 116 Å². The van der Waals surface area contributed by atoms with Crippen LogP contribution < -0.4 is 0 Å². The van der Waals surface area contributed by atoms with E-state index in [0.717, 1.165) is 46.7 Å². The standard InChI is InChI=1S/C65H41N3S4/c1-36-63(38-24-28-46-44-14-4-8-20-53(44)70-58(46)33-38)66-65(39-25-29-47-45-15-5-9-21-54(45)71-59(47)34-39)67-64(36)49-17-11-23-57-62(49)50-32-37(26-31-55(50)69-57)41-16-10-22-56-61(41)48-30-27-40(35-60(48)72-56)68-51-18-6-2-12-42(51)43-13-3-7-19-52(43)68/h2-4,6-14,16-35,50,55H,5,15H2,1H3. The lowest BCUT2D eigenvalue weighted by Gasteiger charge is -2.22. The maximum atomic E-state index is 5.64. The number of aryl methyl sites for hydroxylation is 1. The Kier molecular flexibility index (Phi) is 9.05. The van der Waals surface area contributed by atoms with Crippen molar-refractivity contribution in [2.45, 2.75) is 35.8 Å². The number of thiophene rings is 3. The van der Waals surface area contributed by atoms with Crippen LogP contribution >= 0.6 is 45.8 Å². The lowest BCUT2D eigenvalue weighted by atomic mass is 9.83. The second-order valence-corrected chi connectivity index (χ2v) is 23.9. The minimum atomic E-state index is 0.168. The van der Waals surface area contributed by atoms with Crippen LogP contribution in [0.3, 0.4) is 0 Å². The number of fused-ring (bicyclic) bond motifs is 15. The van der Waals surface area contributed by atoms with Gasteiger partial charge in [-0.05, 0) is 108 Å². The van der Waals surface area contributed by atoms with E-state index in [1.54, 1.807) is 0 Å². The Morgan fingerprint density at radius 1 is 0.542 bits per heavy atom. The highest BCUT2D eigenvalue weighted by atomic mass is 32.2. The van der Waals surface area contributed by atoms with E-state index in [2.05, 4.69) is 206 Å². The topological polar surface area (TPSA) is 30.7 Å². The molecule has 7 heteroatoms. The summed E-state index contributed by atoms with van der Waals surface area (Å²) in [6.07, 6.45) is 14.2. The molecule has 0 fully saturated rings. The molecule has 340 valence electrons. The van der Waals surface area contributed by atoms with Crippen LogP contribution in [0.25, 0.3) is 123 Å². The number of aromatic nitrogens is 3. The van der Waals surface area contributed by atoms with E-state index in [4.69, 9.17) is 9.97 Å². The molecule has 3 nitrogen and oxygen atoms in total. The molecule has 0 spiro atoms. The molecule has 1 aliphatic heterocycles. The molecular formula is C65H41N3S4. The lowest BCUT2D eigenvalue weighted by molar-refractivity contribution is 0.885. The van der Waals surface area contributed by atoms with Gasteiger partial charge in [0.05, 0.1) is 22.4 Å². The summed E-state index contributed by atoms with van der Waals surface area (Å²) < 4.78 is 8.91. The highest BCUT2D eigenvalue weighted by Crippen LogP contribution is 2.54. The number of hydrogen-bond donors (Lipinski definition) is 0. The zero-order valence-corrected chi connectivity index (χ0v) is 42.3. The smallest absolute Gasteiger partial charge is 0.160 e. The molecule has 5 aromatic heterocycles. The second-order valence-electron chi connectivity index (χ2n) is 19.4. The zero-order valence-electron chi connectivity index (χ0n) is 39.0. The minimum Gasteiger partial charge on any atom is -0.309 e. The first-order valence-electron chi connectivity index (χ1n) is 24.7. The van der Waals surface area contributed by atoms with Gasteiger partial charge in [-0.3, -0.25) is 0 Å². The van der Waals surface area contributed by atoms with Crippen LogP contribution in [0, 0.1) is 6.92 Å². The van der Waals surface area contributed by atoms with E-state index in [0.29, 0.717) is 0 Å². The molecule has 0 amide bonds. The maximum Gasteiger partial charge on any atom is 0.160 e. The summed E-state index contributed by atoms with van der Waals surface area (Å²) in [7, 11) is 0. The van der Waals surface area contributed by atoms with Crippen LogP contribution in [0.4, 0.5) is 0 Å². The van der Waals surface area contributed by atoms with Gasteiger partial charge in [0.1, 0.15) is 0 Å². The predicted molar refractivity (Wildman–Crippen MR) is 312 cm³/mol. The van der Waals surface area contributed by atoms with Gasteiger partial charge in [-0.25, -0.2) is 9.97 Å². The van der Waals surface area contributed by atoms with Gasteiger partial charge in [0.15, 0.2) is 5.82 Å². The van der Waals surface area contributed by atoms with Gasteiger partial charge in [-0.15, -0.1) is 45.8 Å². The first-order chi connectivity index (χ1) is 35.6. The quantitative estimate of drug-likeness (QED) is 0.172. The van der Waals surface area contributed by atoms with Crippen LogP contribution in [-0.2, 0) is 6.42 Å². The number of thioether (sulfide) groups is 1. The highest BCUT2D eigenvalue weighted by molar-refractivity contribution is 8.00. The van der Waals surface area contributed by atoms with Gasteiger partial charge in [-0.2, -0.15) is 0 Å². The van der Waals surface area contributed by atoms with Crippen LogP contribution in [0.2, 0.25) is 0 Å². The maximum absolute atomic E-state index is 5.64. The summed E-state index contributed by atoms with van der Waals surface area (Å²) in [5.74, 6) is 0.934. The Morgan fingerprint density at radius 2 is 1.22 bits per heavy atom. The molecule has 0 saturated carbocycles. The third-order valence-corrected chi connectivity index (χ3v) is 20.2. The van der Waals surface area contributed by atoms with Crippen molar-refractivity contribution >= 4 is 130 Å². The Morgan fingerprint density at radius 3 is 2.11 bits per heavy atom. The molecule has 6 heterocycles. The number of para-hydroxylation sites is 2. The molecule has 2 atom stereocenters. The summed E-state index contributed by atoms with van der Waals surface area (Å²) >= 11 is 7.62. The molecule has 0 bridgehead atoms. The third-order valence-electron chi connectivity index (χ3n) is 15.4. The Labute approximate surface area is 431 Å². The van der Waals surface area contributed by atoms with Gasteiger partial charge in [0.25, 0.3) is 0 Å². The predicted octanol–water partition coefficient (Wildman–Crippen LogP) is 19.0. The molecule has 8 aromatic carbocycles. The van der Waals surface area contributed by atoms with Gasteiger partial charge in [0, 0.05) is 105 Å². The molecule has 13 aromatic rings. The number of nitrogens with zero attached hydrogens (tertiary/aromatic N) is 3. The van der Waals surface area contributed by atoms with E-state index >= 15 is 0 Å². The molecule has 3 aliphatic rings. The average molecular weight is 992 g/mol. The fourth-order valence-corrected chi connectivity index (χ4v) is 17.0. The number of rotatable bonds is 5. The van der Waals surface area contributed by atoms with Gasteiger partial charge in [-0.1, -0.05) is 133 Å². The normalized spacial score (nSPS) is 16.2. The summed E-state index contributed by atoms with van der Waals surface area (Å²) in [4.78, 5) is 13.9. The van der Waals surface area contributed by atoms with Crippen molar-refractivity contribution in [3.05, 3.63) is 215 Å². The molecular weight excluding hydrogens is 951 g/mol. The van der Waals surface area contributed by atoms with Gasteiger partial charge < -0.3 is 4.57 Å². The van der Waals surface area contributed by atoms with E-state index in [1.807, 2.05) is 45.8 Å². The Balaban J connectivity index is 0.840. The average Bonchev–Trinajstić information content (AvgIpc) is 4.25. The van der Waals surface area contributed by atoms with Gasteiger partial charge >= 0.3 is 0 Å². The fraction of sp³-hybridized carbons (Fsp3) is 0.0769. The number of benzene rings is 8. The minimum absolute atomic E-state index is 0.168. The SMILES string of the molecule is Cc1c(-c2ccc3c(c2)sc2ccccc23)nc(-c2ccc3c4c(sc3c2)C=CCC4)nc1-c1cccc2c1C1C=C(c3cccc4sc5cc(-n6c7ccccc7c7ccccc76)ccc5c34)C=CC1S2. The molecule has 16 rings (SSSR count). The van der Waals surface area contributed by atoms with Crippen molar-refractivity contribution in [3.8, 4) is 39.6 Å². The largest absolute Gasteiger partial charge is 0.309 e. The molecule has 72 heavy (non-hydrogen) atoms. The first-order valence-corrected chi connectivity index (χ1v) is 28.1. The fourth-order valence-electron chi connectivity index (χ4n) is 12.1. The Bertz CT molecular complexity index is 4540. The first kappa shape index (κ1) is 41.2. The third kappa shape index (κ3) is 6.15. The van der Waals surface area contributed by atoms with Crippen molar-refractivity contribution < 1.29 is 0 Å². The van der Waals surface area contributed by atoms with Crippen LogP contribution in [-0.4, -0.2) is 19.8 Å². The molecule has 0 radical (unpaired) electrons. The van der Waals surface area contributed by atoms with Crippen LogP contribution in [0.15, 0.2) is 193 Å². The van der Waals surface area contributed by atoms with E-state index in [9.17, 15) is 0 Å². The molecule has 2 aliphatic carbocycles. The number of allylic oxidation sites excluding steroid dienone is 4. The molecule has 0 saturated heterocycles. The Hall–Kier alpha value is -7.39. The monoisotopic (exact) mass is 991 g/mol. The van der Waals surface area contributed by atoms with Crippen LogP contribution in [0.5, 0.6) is 0 Å². The molecule has 0 N–H and O–H groups in total. The summed E-state index contributed by atoms with van der Waals surface area (Å²) in [5.41, 5.74) is 15.5.